The molecule has 0 radical (unpaired) electrons. The van der Waals surface area contributed by atoms with Crippen LogP contribution in [-0.2, 0) is 4.79 Å². The van der Waals surface area contributed by atoms with Gasteiger partial charge >= 0.3 is 6.01 Å². The van der Waals surface area contributed by atoms with Crippen molar-refractivity contribution >= 4 is 45.0 Å². The molecule has 5 heterocycles. The molecule has 10 heteroatoms. The van der Waals surface area contributed by atoms with Crippen molar-refractivity contribution in [3.63, 3.8) is 0 Å². The van der Waals surface area contributed by atoms with Gasteiger partial charge in [-0.05, 0) is 68.6 Å². The molecule has 0 spiro atoms. The van der Waals surface area contributed by atoms with E-state index in [1.54, 1.807) is 4.90 Å². The monoisotopic (exact) mass is 607 g/mol. The van der Waals surface area contributed by atoms with Gasteiger partial charge in [-0.25, -0.2) is 6.57 Å². The Morgan fingerprint density at radius 2 is 1.98 bits per heavy atom. The zero-order chi connectivity index (χ0) is 30.3. The smallest absolute Gasteiger partial charge is 0.319 e. The van der Waals surface area contributed by atoms with Gasteiger partial charge in [0.25, 0.3) is 0 Å². The summed E-state index contributed by atoms with van der Waals surface area (Å²) in [6.45, 7) is 15.7. The first-order chi connectivity index (χ1) is 21.5. The van der Waals surface area contributed by atoms with E-state index in [4.69, 9.17) is 32.9 Å². The fraction of sp³-hybridized carbons (Fsp3) is 0.382. The third kappa shape index (κ3) is 5.02. The van der Waals surface area contributed by atoms with Gasteiger partial charge in [0.05, 0.1) is 11.1 Å². The number of anilines is 1. The molecule has 3 aliphatic heterocycles. The Labute approximate surface area is 261 Å². The van der Waals surface area contributed by atoms with Crippen molar-refractivity contribution in [3.8, 4) is 17.1 Å². The molecular weight excluding hydrogens is 574 g/mol. The number of rotatable bonds is 7. The van der Waals surface area contributed by atoms with Crippen molar-refractivity contribution in [2.75, 3.05) is 50.8 Å². The van der Waals surface area contributed by atoms with Gasteiger partial charge in [-0.15, -0.1) is 0 Å². The van der Waals surface area contributed by atoms with Crippen LogP contribution in [0.25, 0.3) is 37.6 Å². The van der Waals surface area contributed by atoms with Crippen LogP contribution < -0.4 is 9.64 Å². The van der Waals surface area contributed by atoms with Crippen molar-refractivity contribution in [2.24, 2.45) is 0 Å². The molecule has 3 aliphatic rings. The van der Waals surface area contributed by atoms with Gasteiger partial charge in [-0.1, -0.05) is 36.4 Å². The summed E-state index contributed by atoms with van der Waals surface area (Å²) < 4.78 is 6.47. The minimum absolute atomic E-state index is 0.0586. The Kier molecular flexibility index (Phi) is 7.57. The number of hydrogen-bond acceptors (Lipinski definition) is 7. The summed E-state index contributed by atoms with van der Waals surface area (Å²) in [4.78, 5) is 37.1. The van der Waals surface area contributed by atoms with Crippen LogP contribution in [0.2, 0.25) is 5.02 Å². The molecule has 1 atom stereocenters. The lowest BCUT2D eigenvalue weighted by molar-refractivity contribution is -0.128. The number of benzene rings is 2. The molecule has 3 fully saturated rings. The molecule has 0 bridgehead atoms. The summed E-state index contributed by atoms with van der Waals surface area (Å²) in [5.74, 6) is 0.595. The minimum Gasteiger partial charge on any atom is -0.461 e. The number of aromatic nitrogens is 3. The summed E-state index contributed by atoms with van der Waals surface area (Å²) in [6.07, 6.45) is 9.62. The normalized spacial score (nSPS) is 19.7. The van der Waals surface area contributed by atoms with Gasteiger partial charge in [0.2, 0.25) is 12.5 Å². The van der Waals surface area contributed by atoms with Gasteiger partial charge in [0, 0.05) is 58.8 Å². The Balaban J connectivity index is 1.30. The molecule has 0 unspecified atom stereocenters. The fourth-order valence-electron chi connectivity index (χ4n) is 7.35. The molecule has 0 N–H and O–H groups in total. The highest BCUT2D eigenvalue weighted by atomic mass is 35.5. The largest absolute Gasteiger partial charge is 0.461 e. The van der Waals surface area contributed by atoms with Crippen LogP contribution in [0.4, 0.5) is 5.82 Å². The van der Waals surface area contributed by atoms with Gasteiger partial charge < -0.3 is 19.4 Å². The van der Waals surface area contributed by atoms with Crippen LogP contribution in [0.3, 0.4) is 0 Å². The van der Waals surface area contributed by atoms with E-state index in [1.165, 1.54) is 18.9 Å². The predicted molar refractivity (Wildman–Crippen MR) is 173 cm³/mol. The van der Waals surface area contributed by atoms with Crippen LogP contribution >= 0.6 is 11.6 Å². The summed E-state index contributed by atoms with van der Waals surface area (Å²) in [6, 6.07) is 12.1. The maximum atomic E-state index is 12.6. The van der Waals surface area contributed by atoms with Crippen LogP contribution in [0, 0.1) is 6.57 Å². The fourth-order valence-corrected chi connectivity index (χ4v) is 7.63. The molecule has 3 saturated heterocycles. The lowest BCUT2D eigenvalue weighted by atomic mass is 9.95. The number of nitrogens with zero attached hydrogens (tertiary/aromatic N) is 7. The maximum Gasteiger partial charge on any atom is 0.319 e. The summed E-state index contributed by atoms with van der Waals surface area (Å²) >= 11 is 6.67. The second-order valence-corrected chi connectivity index (χ2v) is 12.4. The van der Waals surface area contributed by atoms with Gasteiger partial charge in [0.1, 0.15) is 18.5 Å². The van der Waals surface area contributed by atoms with E-state index >= 15 is 0 Å². The first-order valence-corrected chi connectivity index (χ1v) is 15.6. The third-order valence-electron chi connectivity index (χ3n) is 9.52. The van der Waals surface area contributed by atoms with E-state index in [9.17, 15) is 4.79 Å². The van der Waals surface area contributed by atoms with Crippen LogP contribution in [0.15, 0.2) is 61.4 Å². The average Bonchev–Trinajstić information content (AvgIpc) is 3.63. The summed E-state index contributed by atoms with van der Waals surface area (Å²) in [7, 11) is 0. The topological polar surface area (TPSA) is 79.1 Å². The standard InChI is InChI=1S/C34H34ClN7O2/c1-3-30(43)42-16-15-40(21-25(42)19-36-2)32-26-10-9-23(27-20-37-18-24-7-4-8-28(35)31(24)27)17-29(26)38-33(39-32)44-22-34-11-5-13-41(34)14-6-12-34/h3-4,7-10,17-18,20,25H,1,5-6,11-16,19,21-22H2/t25-/m0/s1. The van der Waals surface area contributed by atoms with Crippen molar-refractivity contribution < 1.29 is 9.53 Å². The number of halogens is 1. The van der Waals surface area contributed by atoms with E-state index in [0.717, 1.165) is 64.6 Å². The summed E-state index contributed by atoms with van der Waals surface area (Å²) in [5, 5.41) is 3.47. The van der Waals surface area contributed by atoms with Gasteiger partial charge in [0.15, 0.2) is 0 Å². The average molecular weight is 608 g/mol. The highest BCUT2D eigenvalue weighted by Crippen LogP contribution is 2.40. The first-order valence-electron chi connectivity index (χ1n) is 15.2. The molecule has 9 nitrogen and oxygen atoms in total. The maximum absolute atomic E-state index is 12.6. The van der Waals surface area contributed by atoms with Gasteiger partial charge in [-0.2, -0.15) is 9.97 Å². The molecular formula is C34H34ClN7O2. The van der Waals surface area contributed by atoms with Crippen molar-refractivity contribution in [3.05, 3.63) is 77.9 Å². The Morgan fingerprint density at radius 1 is 1.14 bits per heavy atom. The highest BCUT2D eigenvalue weighted by Gasteiger charge is 2.45. The minimum atomic E-state index is -0.270. The molecule has 44 heavy (non-hydrogen) atoms. The van der Waals surface area contributed by atoms with Crippen LogP contribution in [-0.4, -0.2) is 88.1 Å². The highest BCUT2D eigenvalue weighted by molar-refractivity contribution is 6.36. The Bertz CT molecular complexity index is 1790. The van der Waals surface area contributed by atoms with Crippen molar-refractivity contribution in [1.29, 1.82) is 0 Å². The van der Waals surface area contributed by atoms with E-state index in [-0.39, 0.29) is 24.0 Å². The number of carbonyl (C=O) groups is 1. The lowest BCUT2D eigenvalue weighted by Gasteiger charge is -2.39. The Morgan fingerprint density at radius 3 is 2.77 bits per heavy atom. The van der Waals surface area contributed by atoms with Crippen LogP contribution in [0.1, 0.15) is 25.7 Å². The summed E-state index contributed by atoms with van der Waals surface area (Å²) in [5.41, 5.74) is 2.69. The Hall–Kier alpha value is -4.26. The zero-order valence-corrected chi connectivity index (χ0v) is 25.3. The number of ether oxygens (including phenoxy) is 1. The molecule has 0 saturated carbocycles. The molecule has 1 amide bonds. The molecule has 224 valence electrons. The zero-order valence-electron chi connectivity index (χ0n) is 24.6. The lowest BCUT2D eigenvalue weighted by Crippen LogP contribution is -2.56. The second-order valence-electron chi connectivity index (χ2n) is 12.0. The van der Waals surface area contributed by atoms with Crippen molar-refractivity contribution in [1.82, 2.24) is 24.8 Å². The van der Waals surface area contributed by atoms with Crippen LogP contribution in [0.5, 0.6) is 6.01 Å². The van der Waals surface area contributed by atoms with Gasteiger partial charge in [-0.3, -0.25) is 14.7 Å². The number of amides is 1. The molecule has 2 aromatic carbocycles. The quantitative estimate of drug-likeness (QED) is 0.199. The molecule has 2 aromatic heterocycles. The number of piperazine rings is 1. The van der Waals surface area contributed by atoms with E-state index in [2.05, 4.69) is 38.3 Å². The predicted octanol–water partition coefficient (Wildman–Crippen LogP) is 5.63. The number of pyridine rings is 1. The number of hydrogen-bond donors (Lipinski definition) is 0. The van der Waals surface area contributed by atoms with Crippen molar-refractivity contribution in [2.45, 2.75) is 37.3 Å². The molecule has 4 aromatic rings. The van der Waals surface area contributed by atoms with E-state index in [1.807, 2.05) is 36.7 Å². The third-order valence-corrected chi connectivity index (χ3v) is 9.84. The molecule has 0 aliphatic carbocycles. The first kappa shape index (κ1) is 28.5. The number of fused-ring (bicyclic) bond motifs is 3. The molecule has 7 rings (SSSR count). The SMILES string of the molecule is [C-]#[N+]C[C@H]1CN(c2nc(OCC34CCCN3CCC4)nc3cc(-c4cncc5cccc(Cl)c45)ccc23)CCN1C(=O)C=C. The second kappa shape index (κ2) is 11.7. The van der Waals surface area contributed by atoms with E-state index < -0.39 is 0 Å². The number of carbonyl (C=O) groups excluding carboxylic acids is 1. The van der Waals surface area contributed by atoms with E-state index in [0.29, 0.717) is 37.3 Å².